The number of hydrogen-bond donors (Lipinski definition) is 1. The Kier molecular flexibility index (Phi) is 4.57. The molecule has 0 aliphatic carbocycles. The molecule has 0 radical (unpaired) electrons. The van der Waals surface area contributed by atoms with E-state index in [4.69, 9.17) is 4.74 Å². The van der Waals surface area contributed by atoms with Crippen molar-refractivity contribution in [3.63, 3.8) is 0 Å². The maximum Gasteiger partial charge on any atom is 0.407 e. The molecule has 1 N–H and O–H groups in total. The second-order valence-corrected chi connectivity index (χ2v) is 3.04. The zero-order valence-electron chi connectivity index (χ0n) is 9.25. The van der Waals surface area contributed by atoms with Crippen molar-refractivity contribution >= 4 is 6.09 Å². The van der Waals surface area contributed by atoms with Crippen LogP contribution in [0, 0.1) is 5.82 Å². The summed E-state index contributed by atoms with van der Waals surface area (Å²) in [6.45, 7) is 2.25. The summed E-state index contributed by atoms with van der Waals surface area (Å²) < 4.78 is 22.7. The summed E-state index contributed by atoms with van der Waals surface area (Å²) in [4.78, 5) is 11.0. The lowest BCUT2D eigenvalue weighted by Crippen LogP contribution is -2.23. The molecule has 0 saturated heterocycles. The van der Waals surface area contributed by atoms with Crippen LogP contribution in [0.25, 0.3) is 0 Å². The van der Waals surface area contributed by atoms with Crippen molar-refractivity contribution in [2.45, 2.75) is 13.5 Å². The van der Waals surface area contributed by atoms with Crippen molar-refractivity contribution < 1.29 is 18.7 Å². The second kappa shape index (κ2) is 5.95. The Labute approximate surface area is 93.4 Å². The number of hydrogen-bond acceptors (Lipinski definition) is 3. The molecule has 1 amide bonds. The number of alkyl carbamates (subject to hydrolysis) is 1. The third-order valence-corrected chi connectivity index (χ3v) is 1.93. The highest BCUT2D eigenvalue weighted by Crippen LogP contribution is 2.17. The lowest BCUT2D eigenvalue weighted by Gasteiger charge is -2.07. The van der Waals surface area contributed by atoms with Crippen LogP contribution in [0.4, 0.5) is 9.18 Å². The summed E-state index contributed by atoms with van der Waals surface area (Å²) in [6, 6.07) is 4.50. The highest BCUT2D eigenvalue weighted by Gasteiger charge is 2.05. The molecular weight excluding hydrogens is 213 g/mol. The van der Waals surface area contributed by atoms with Gasteiger partial charge in [0.25, 0.3) is 0 Å². The Morgan fingerprint density at radius 2 is 2.25 bits per heavy atom. The first-order chi connectivity index (χ1) is 7.67. The van der Waals surface area contributed by atoms with Crippen LogP contribution < -0.4 is 10.1 Å². The summed E-state index contributed by atoms with van der Waals surface area (Å²) in [5.41, 5.74) is 0.645. The molecule has 0 aliphatic heterocycles. The number of rotatable bonds is 4. The van der Waals surface area contributed by atoms with Gasteiger partial charge in [0.15, 0.2) is 11.6 Å². The van der Waals surface area contributed by atoms with Crippen molar-refractivity contribution in [1.29, 1.82) is 0 Å². The topological polar surface area (TPSA) is 47.6 Å². The number of halogens is 1. The third kappa shape index (κ3) is 3.42. The van der Waals surface area contributed by atoms with E-state index in [0.717, 1.165) is 0 Å². The average molecular weight is 227 g/mol. The fourth-order valence-corrected chi connectivity index (χ4v) is 1.18. The Balaban J connectivity index is 2.55. The summed E-state index contributed by atoms with van der Waals surface area (Å²) >= 11 is 0. The number of benzene rings is 1. The zero-order valence-corrected chi connectivity index (χ0v) is 9.25. The molecule has 0 heterocycles. The molecule has 0 atom stereocenters. The van der Waals surface area contributed by atoms with E-state index in [1.165, 1.54) is 19.2 Å². The largest absolute Gasteiger partial charge is 0.494 e. The number of carbonyl (C=O) groups is 1. The molecule has 1 rings (SSSR count). The monoisotopic (exact) mass is 227 g/mol. The molecule has 88 valence electrons. The highest BCUT2D eigenvalue weighted by atomic mass is 19.1. The van der Waals surface area contributed by atoms with Gasteiger partial charge in [0.1, 0.15) is 0 Å². The van der Waals surface area contributed by atoms with Gasteiger partial charge in [-0.15, -0.1) is 0 Å². The molecule has 1 aromatic carbocycles. The van der Waals surface area contributed by atoms with Gasteiger partial charge in [-0.2, -0.15) is 0 Å². The van der Waals surface area contributed by atoms with Crippen LogP contribution in [-0.2, 0) is 11.3 Å². The van der Waals surface area contributed by atoms with E-state index in [2.05, 4.69) is 10.1 Å². The molecule has 5 heteroatoms. The van der Waals surface area contributed by atoms with Crippen LogP contribution in [-0.4, -0.2) is 19.8 Å². The number of nitrogens with one attached hydrogen (secondary N) is 1. The molecule has 0 saturated carbocycles. The quantitative estimate of drug-likeness (QED) is 0.856. The molecule has 1 aromatic rings. The SMILES string of the molecule is CCOC(=O)NCc1ccc(OC)c(F)c1. The van der Waals surface area contributed by atoms with Crippen LogP contribution >= 0.6 is 0 Å². The normalized spacial score (nSPS) is 9.69. The van der Waals surface area contributed by atoms with Crippen LogP contribution in [0.2, 0.25) is 0 Å². The predicted molar refractivity (Wildman–Crippen MR) is 56.8 cm³/mol. The Morgan fingerprint density at radius 1 is 1.50 bits per heavy atom. The van der Waals surface area contributed by atoms with E-state index >= 15 is 0 Å². The molecule has 0 fully saturated rings. The van der Waals surface area contributed by atoms with E-state index in [9.17, 15) is 9.18 Å². The van der Waals surface area contributed by atoms with Gasteiger partial charge in [0.2, 0.25) is 0 Å². The Morgan fingerprint density at radius 3 is 2.81 bits per heavy atom. The Bertz CT molecular complexity index is 368. The molecule has 4 nitrogen and oxygen atoms in total. The minimum atomic E-state index is -0.515. The standard InChI is InChI=1S/C11H14FNO3/c1-3-16-11(14)13-7-8-4-5-10(15-2)9(12)6-8/h4-6H,3,7H2,1-2H3,(H,13,14). The first-order valence-corrected chi connectivity index (χ1v) is 4.90. The summed E-state index contributed by atoms with van der Waals surface area (Å²) in [7, 11) is 1.40. The number of amides is 1. The van der Waals surface area contributed by atoms with Crippen molar-refractivity contribution in [2.75, 3.05) is 13.7 Å². The lowest BCUT2D eigenvalue weighted by molar-refractivity contribution is 0.151. The highest BCUT2D eigenvalue weighted by molar-refractivity contribution is 5.67. The van der Waals surface area contributed by atoms with E-state index in [-0.39, 0.29) is 12.3 Å². The van der Waals surface area contributed by atoms with Gasteiger partial charge in [-0.1, -0.05) is 6.07 Å². The molecule has 0 aliphatic rings. The minimum Gasteiger partial charge on any atom is -0.494 e. The molecule has 0 unspecified atom stereocenters. The van der Waals surface area contributed by atoms with Crippen molar-refractivity contribution in [1.82, 2.24) is 5.32 Å². The van der Waals surface area contributed by atoms with Crippen LogP contribution in [0.5, 0.6) is 5.75 Å². The van der Waals surface area contributed by atoms with Crippen LogP contribution in [0.15, 0.2) is 18.2 Å². The van der Waals surface area contributed by atoms with E-state index in [0.29, 0.717) is 12.2 Å². The van der Waals surface area contributed by atoms with Gasteiger partial charge in [-0.25, -0.2) is 9.18 Å². The third-order valence-electron chi connectivity index (χ3n) is 1.93. The number of ether oxygens (including phenoxy) is 2. The van der Waals surface area contributed by atoms with Gasteiger partial charge >= 0.3 is 6.09 Å². The van der Waals surface area contributed by atoms with E-state index < -0.39 is 11.9 Å². The van der Waals surface area contributed by atoms with Crippen LogP contribution in [0.1, 0.15) is 12.5 Å². The van der Waals surface area contributed by atoms with Gasteiger partial charge < -0.3 is 14.8 Å². The summed E-state index contributed by atoms with van der Waals surface area (Å²) in [6.07, 6.45) is -0.515. The zero-order chi connectivity index (χ0) is 12.0. The average Bonchev–Trinajstić information content (AvgIpc) is 2.27. The van der Waals surface area contributed by atoms with Crippen molar-refractivity contribution in [2.24, 2.45) is 0 Å². The molecule has 16 heavy (non-hydrogen) atoms. The van der Waals surface area contributed by atoms with Crippen LogP contribution in [0.3, 0.4) is 0 Å². The van der Waals surface area contributed by atoms with Gasteiger partial charge in [-0.05, 0) is 24.6 Å². The molecule has 0 bridgehead atoms. The molecule has 0 aromatic heterocycles. The smallest absolute Gasteiger partial charge is 0.407 e. The second-order valence-electron chi connectivity index (χ2n) is 3.04. The van der Waals surface area contributed by atoms with E-state index in [1.54, 1.807) is 13.0 Å². The molecular formula is C11H14FNO3. The Hall–Kier alpha value is -1.78. The first-order valence-electron chi connectivity index (χ1n) is 4.90. The van der Waals surface area contributed by atoms with Gasteiger partial charge in [0.05, 0.1) is 13.7 Å². The summed E-state index contributed by atoms with van der Waals surface area (Å²) in [5, 5.41) is 2.50. The summed E-state index contributed by atoms with van der Waals surface area (Å²) in [5.74, 6) is -0.273. The number of carbonyl (C=O) groups excluding carboxylic acids is 1. The fraction of sp³-hybridized carbons (Fsp3) is 0.364. The fourth-order valence-electron chi connectivity index (χ4n) is 1.18. The minimum absolute atomic E-state index is 0.180. The lowest BCUT2D eigenvalue weighted by atomic mass is 10.2. The maximum atomic E-state index is 13.3. The predicted octanol–water partition coefficient (Wildman–Crippen LogP) is 2.08. The van der Waals surface area contributed by atoms with E-state index in [1.807, 2.05) is 0 Å². The number of methoxy groups -OCH3 is 1. The maximum absolute atomic E-state index is 13.3. The van der Waals surface area contributed by atoms with Gasteiger partial charge in [0, 0.05) is 6.54 Å². The van der Waals surface area contributed by atoms with Crippen molar-refractivity contribution in [3.8, 4) is 5.75 Å². The van der Waals surface area contributed by atoms with Gasteiger partial charge in [-0.3, -0.25) is 0 Å². The van der Waals surface area contributed by atoms with Crippen molar-refractivity contribution in [3.05, 3.63) is 29.6 Å². The molecule has 0 spiro atoms. The first kappa shape index (κ1) is 12.3.